The van der Waals surface area contributed by atoms with E-state index in [0.717, 1.165) is 0 Å². The Morgan fingerprint density at radius 3 is 2.43 bits per heavy atom. The number of hydrogen-bond donors (Lipinski definition) is 1. The lowest BCUT2D eigenvalue weighted by Gasteiger charge is -2.10. The van der Waals surface area contributed by atoms with Gasteiger partial charge in [0.15, 0.2) is 0 Å². The molecule has 7 heavy (non-hydrogen) atoms. The van der Waals surface area contributed by atoms with Gasteiger partial charge in [-0.1, -0.05) is 6.92 Å². The predicted molar refractivity (Wildman–Crippen MR) is 27.2 cm³/mol. The zero-order valence-corrected chi connectivity index (χ0v) is 4.90. The molecule has 0 fully saturated rings. The summed E-state index contributed by atoms with van der Waals surface area (Å²) in [6.07, 6.45) is 0.482. The van der Waals surface area contributed by atoms with E-state index < -0.39 is 16.5 Å². The Morgan fingerprint density at radius 2 is 2.43 bits per heavy atom. The smallest absolute Gasteiger partial charge is 0.0673 e. The molecule has 44 valence electrons. The van der Waals surface area contributed by atoms with Crippen LogP contribution in [0.2, 0.25) is 0 Å². The van der Waals surface area contributed by atoms with Crippen LogP contribution >= 0.6 is 0 Å². The Hall–Kier alpha value is 0.0700. The van der Waals surface area contributed by atoms with Crippen molar-refractivity contribution >= 4 is 11.1 Å². The van der Waals surface area contributed by atoms with E-state index >= 15 is 0 Å². The van der Waals surface area contributed by atoms with Gasteiger partial charge in [0.05, 0.1) is 5.37 Å². The van der Waals surface area contributed by atoms with Crippen LogP contribution < -0.4 is 5.73 Å². The summed E-state index contributed by atoms with van der Waals surface area (Å²) in [5, 5.41) is -0.681. The highest BCUT2D eigenvalue weighted by molar-refractivity contribution is 7.79. The Bertz CT molecular complexity index is 75.3. The van der Waals surface area contributed by atoms with Crippen molar-refractivity contribution in [3.05, 3.63) is 0 Å². The lowest BCUT2D eigenvalue weighted by atomic mass is 10.5. The van der Waals surface area contributed by atoms with E-state index in [1.165, 1.54) is 0 Å². The summed E-state index contributed by atoms with van der Waals surface area (Å²) in [6, 6.07) is 0. The van der Waals surface area contributed by atoms with Crippen LogP contribution in [0.25, 0.3) is 0 Å². The standard InChI is InChI=1S/C3H9NO2S/c1-2-3(4)7(5)6/h3H,2,4H2,1H3,(H,5,6)/p-1. The molecule has 0 saturated heterocycles. The Morgan fingerprint density at radius 1 is 2.00 bits per heavy atom. The van der Waals surface area contributed by atoms with Gasteiger partial charge in [-0.05, 0) is 17.5 Å². The third-order valence-electron chi connectivity index (χ3n) is 0.650. The molecule has 4 heteroatoms. The summed E-state index contributed by atoms with van der Waals surface area (Å²) in [7, 11) is 0. The third-order valence-corrected chi connectivity index (χ3v) is 1.48. The fourth-order valence-corrected chi connectivity index (χ4v) is 0.408. The fraction of sp³-hybridized carbons (Fsp3) is 1.00. The lowest BCUT2D eigenvalue weighted by Crippen LogP contribution is -2.23. The third kappa shape index (κ3) is 2.73. The molecule has 0 amide bonds. The summed E-state index contributed by atoms with van der Waals surface area (Å²) >= 11 is -2.08. The van der Waals surface area contributed by atoms with E-state index in [2.05, 4.69) is 0 Å². The van der Waals surface area contributed by atoms with Gasteiger partial charge in [0, 0.05) is 0 Å². The molecule has 2 atom stereocenters. The molecule has 0 aliphatic heterocycles. The SMILES string of the molecule is CCC(N)S(=O)[O-]. The molecule has 0 spiro atoms. The summed E-state index contributed by atoms with van der Waals surface area (Å²) in [5.41, 5.74) is 5.00. The first-order chi connectivity index (χ1) is 3.18. The fourth-order valence-electron chi connectivity index (χ4n) is 0.136. The summed E-state index contributed by atoms with van der Waals surface area (Å²) in [6.45, 7) is 1.72. The maximum Gasteiger partial charge on any atom is 0.0673 e. The highest BCUT2D eigenvalue weighted by Crippen LogP contribution is 1.87. The van der Waals surface area contributed by atoms with Gasteiger partial charge < -0.3 is 10.3 Å². The zero-order valence-electron chi connectivity index (χ0n) is 4.09. The van der Waals surface area contributed by atoms with Crippen molar-refractivity contribution in [2.45, 2.75) is 18.7 Å². The second kappa shape index (κ2) is 3.12. The minimum atomic E-state index is -2.08. The van der Waals surface area contributed by atoms with E-state index in [1.54, 1.807) is 6.92 Å². The van der Waals surface area contributed by atoms with E-state index in [-0.39, 0.29) is 0 Å². The molecular weight excluding hydrogens is 114 g/mol. The molecule has 0 heterocycles. The van der Waals surface area contributed by atoms with Gasteiger partial charge in [-0.2, -0.15) is 0 Å². The van der Waals surface area contributed by atoms with Crippen molar-refractivity contribution in [2.75, 3.05) is 0 Å². The topological polar surface area (TPSA) is 66.2 Å². The summed E-state index contributed by atoms with van der Waals surface area (Å²) in [5.74, 6) is 0. The molecule has 0 aromatic heterocycles. The van der Waals surface area contributed by atoms with Crippen molar-refractivity contribution in [3.8, 4) is 0 Å². The molecule has 0 aliphatic rings. The van der Waals surface area contributed by atoms with Crippen LogP contribution in [0.15, 0.2) is 0 Å². The Balaban J connectivity index is 3.34. The molecular formula is C3H8NO2S-. The van der Waals surface area contributed by atoms with Crippen LogP contribution in [-0.4, -0.2) is 14.1 Å². The number of nitrogens with two attached hydrogens (primary N) is 1. The molecule has 2 unspecified atom stereocenters. The first-order valence-corrected chi connectivity index (χ1v) is 3.16. The second-order valence-electron chi connectivity index (χ2n) is 1.21. The summed E-state index contributed by atoms with van der Waals surface area (Å²) < 4.78 is 19.6. The van der Waals surface area contributed by atoms with Gasteiger partial charge in [0.25, 0.3) is 0 Å². The van der Waals surface area contributed by atoms with E-state index in [9.17, 15) is 8.76 Å². The van der Waals surface area contributed by atoms with Crippen molar-refractivity contribution in [1.82, 2.24) is 0 Å². The molecule has 0 aromatic rings. The minimum Gasteiger partial charge on any atom is -0.771 e. The van der Waals surface area contributed by atoms with Crippen LogP contribution in [0.5, 0.6) is 0 Å². The van der Waals surface area contributed by atoms with E-state index in [4.69, 9.17) is 5.73 Å². The molecule has 0 radical (unpaired) electrons. The molecule has 2 N–H and O–H groups in total. The second-order valence-corrected chi connectivity index (χ2v) is 2.33. The van der Waals surface area contributed by atoms with Gasteiger partial charge in [0.2, 0.25) is 0 Å². The van der Waals surface area contributed by atoms with Gasteiger partial charge in [-0.3, -0.25) is 4.21 Å². The number of rotatable bonds is 2. The highest BCUT2D eigenvalue weighted by atomic mass is 32.2. The molecule has 0 bridgehead atoms. The van der Waals surface area contributed by atoms with Crippen molar-refractivity contribution in [2.24, 2.45) is 5.73 Å². The molecule has 3 nitrogen and oxygen atoms in total. The average Bonchev–Trinajstić information content (AvgIpc) is 1.65. The van der Waals surface area contributed by atoms with Crippen molar-refractivity contribution in [1.29, 1.82) is 0 Å². The van der Waals surface area contributed by atoms with Gasteiger partial charge in [-0.25, -0.2) is 0 Å². The zero-order chi connectivity index (χ0) is 5.86. The number of hydrogen-bond acceptors (Lipinski definition) is 3. The lowest BCUT2D eigenvalue weighted by molar-refractivity contribution is 0.520. The van der Waals surface area contributed by atoms with Gasteiger partial charge in [-0.15, -0.1) is 0 Å². The van der Waals surface area contributed by atoms with Crippen LogP contribution in [0.1, 0.15) is 13.3 Å². The molecule has 0 aromatic carbocycles. The van der Waals surface area contributed by atoms with E-state index in [0.29, 0.717) is 6.42 Å². The average molecular weight is 122 g/mol. The molecule has 0 saturated carbocycles. The largest absolute Gasteiger partial charge is 0.771 e. The highest BCUT2D eigenvalue weighted by Gasteiger charge is 1.93. The van der Waals surface area contributed by atoms with Crippen LogP contribution in [0.4, 0.5) is 0 Å². The first kappa shape index (κ1) is 7.07. The van der Waals surface area contributed by atoms with Crippen LogP contribution in [0, 0.1) is 0 Å². The molecule has 0 aliphatic carbocycles. The predicted octanol–water partition coefficient (Wildman–Crippen LogP) is -0.440. The van der Waals surface area contributed by atoms with Crippen molar-refractivity contribution in [3.63, 3.8) is 0 Å². The maximum atomic E-state index is 9.81. The maximum absolute atomic E-state index is 9.81. The summed E-state index contributed by atoms with van der Waals surface area (Å²) in [4.78, 5) is 0. The quantitative estimate of drug-likeness (QED) is 0.505. The first-order valence-electron chi connectivity index (χ1n) is 2.02. The van der Waals surface area contributed by atoms with Crippen LogP contribution in [0.3, 0.4) is 0 Å². The normalized spacial score (nSPS) is 18.7. The minimum absolute atomic E-state index is 0.482. The Labute approximate surface area is 45.2 Å². The monoisotopic (exact) mass is 122 g/mol. The van der Waals surface area contributed by atoms with Crippen LogP contribution in [-0.2, 0) is 11.1 Å². The Kier molecular flexibility index (Phi) is 3.15. The molecule has 0 rings (SSSR count). The van der Waals surface area contributed by atoms with Crippen molar-refractivity contribution < 1.29 is 8.76 Å². The van der Waals surface area contributed by atoms with Gasteiger partial charge in [0.1, 0.15) is 0 Å². The van der Waals surface area contributed by atoms with E-state index in [1.807, 2.05) is 0 Å². The van der Waals surface area contributed by atoms with Gasteiger partial charge >= 0.3 is 0 Å².